The summed E-state index contributed by atoms with van der Waals surface area (Å²) in [5, 5.41) is 0. The van der Waals surface area contributed by atoms with Gasteiger partial charge in [0, 0.05) is 4.90 Å². The third-order valence-electron chi connectivity index (χ3n) is 3.83. The first-order chi connectivity index (χ1) is 12.5. The van der Waals surface area contributed by atoms with Gasteiger partial charge in [0.2, 0.25) is 12.0 Å². The minimum Gasteiger partial charge on any atom is -0.485 e. The van der Waals surface area contributed by atoms with Gasteiger partial charge in [0.1, 0.15) is 6.61 Å². The zero-order chi connectivity index (χ0) is 18.5. The quantitative estimate of drug-likeness (QED) is 0.637. The van der Waals surface area contributed by atoms with Crippen LogP contribution in [0.4, 0.5) is 0 Å². The third kappa shape index (κ3) is 4.49. The molecular formula is C19H20N2O4S. The zero-order valence-electron chi connectivity index (χ0n) is 14.6. The number of carbonyl (C=O) groups is 2. The van der Waals surface area contributed by atoms with Crippen molar-refractivity contribution in [3.05, 3.63) is 53.6 Å². The number of thioether (sulfide) groups is 1. The number of amides is 2. The van der Waals surface area contributed by atoms with Gasteiger partial charge in [0.25, 0.3) is 5.91 Å². The maximum Gasteiger partial charge on any atom is 0.283 e. The number of para-hydroxylation sites is 2. The molecule has 0 fully saturated rings. The van der Waals surface area contributed by atoms with Crippen LogP contribution in [0.15, 0.2) is 47.4 Å². The Kier molecular flexibility index (Phi) is 5.68. The molecule has 2 amide bonds. The van der Waals surface area contributed by atoms with Crippen molar-refractivity contribution in [2.75, 3.05) is 12.4 Å². The number of carbonyl (C=O) groups excluding carboxylic acids is 2. The first kappa shape index (κ1) is 18.1. The highest BCUT2D eigenvalue weighted by Gasteiger charge is 2.27. The lowest BCUT2D eigenvalue weighted by atomic mass is 10.2. The third-order valence-corrected chi connectivity index (χ3v) is 4.99. The Labute approximate surface area is 156 Å². The van der Waals surface area contributed by atoms with Gasteiger partial charge in [-0.3, -0.25) is 20.4 Å². The van der Waals surface area contributed by atoms with Crippen molar-refractivity contribution in [3.63, 3.8) is 0 Å². The highest BCUT2D eigenvalue weighted by Crippen LogP contribution is 2.30. The molecule has 1 atom stereocenters. The van der Waals surface area contributed by atoms with Crippen LogP contribution in [0.25, 0.3) is 0 Å². The lowest BCUT2D eigenvalue weighted by molar-refractivity contribution is -0.134. The standard InChI is InChI=1S/C19H20N2O4S/c1-12-7-8-13(2)17(9-12)26-11-18(22)20-21-19(23)16-10-24-14-5-3-4-6-15(14)25-16/h3-9,16H,10-11H2,1-2H3,(H,20,22)(H,21,23)/t16-/m0/s1. The van der Waals surface area contributed by atoms with Crippen LogP contribution in [-0.4, -0.2) is 30.3 Å². The fraction of sp³-hybridized carbons (Fsp3) is 0.263. The van der Waals surface area contributed by atoms with Crippen molar-refractivity contribution in [1.82, 2.24) is 10.9 Å². The second-order valence-corrected chi connectivity index (χ2v) is 6.98. The molecule has 6 nitrogen and oxygen atoms in total. The molecule has 0 unspecified atom stereocenters. The van der Waals surface area contributed by atoms with Crippen molar-refractivity contribution in [1.29, 1.82) is 0 Å². The van der Waals surface area contributed by atoms with Gasteiger partial charge in [0.15, 0.2) is 11.5 Å². The molecule has 0 radical (unpaired) electrons. The summed E-state index contributed by atoms with van der Waals surface area (Å²) in [7, 11) is 0. The van der Waals surface area contributed by atoms with E-state index < -0.39 is 12.0 Å². The Hall–Kier alpha value is -2.67. The van der Waals surface area contributed by atoms with Gasteiger partial charge in [0.05, 0.1) is 5.75 Å². The minimum atomic E-state index is -0.808. The summed E-state index contributed by atoms with van der Waals surface area (Å²) in [6, 6.07) is 13.2. The Morgan fingerprint density at radius 2 is 1.88 bits per heavy atom. The molecule has 136 valence electrons. The molecule has 0 aliphatic carbocycles. The predicted molar refractivity (Wildman–Crippen MR) is 99.3 cm³/mol. The van der Waals surface area contributed by atoms with E-state index in [2.05, 4.69) is 10.9 Å². The lowest BCUT2D eigenvalue weighted by Gasteiger charge is -2.25. The second-order valence-electron chi connectivity index (χ2n) is 5.96. The van der Waals surface area contributed by atoms with Gasteiger partial charge in [-0.2, -0.15) is 0 Å². The molecule has 26 heavy (non-hydrogen) atoms. The van der Waals surface area contributed by atoms with Crippen LogP contribution in [0.1, 0.15) is 11.1 Å². The van der Waals surface area contributed by atoms with E-state index in [1.807, 2.05) is 38.1 Å². The Balaban J connectivity index is 1.46. The van der Waals surface area contributed by atoms with Gasteiger partial charge in [-0.15, -0.1) is 11.8 Å². The first-order valence-electron chi connectivity index (χ1n) is 8.20. The lowest BCUT2D eigenvalue weighted by Crippen LogP contribution is -2.51. The summed E-state index contributed by atoms with van der Waals surface area (Å²) >= 11 is 1.43. The van der Waals surface area contributed by atoms with Gasteiger partial charge in [-0.25, -0.2) is 0 Å². The maximum atomic E-state index is 12.1. The van der Waals surface area contributed by atoms with Crippen LogP contribution in [0.3, 0.4) is 0 Å². The molecule has 2 aromatic rings. The summed E-state index contributed by atoms with van der Waals surface area (Å²) in [5.74, 6) is 0.572. The SMILES string of the molecule is Cc1ccc(C)c(SCC(=O)NNC(=O)[C@@H]2COc3ccccc3O2)c1. The van der Waals surface area contributed by atoms with Crippen molar-refractivity contribution in [2.45, 2.75) is 24.8 Å². The largest absolute Gasteiger partial charge is 0.485 e. The van der Waals surface area contributed by atoms with Gasteiger partial charge < -0.3 is 9.47 Å². The molecule has 2 aromatic carbocycles. The van der Waals surface area contributed by atoms with E-state index in [1.165, 1.54) is 11.8 Å². The highest BCUT2D eigenvalue weighted by atomic mass is 32.2. The molecule has 3 rings (SSSR count). The van der Waals surface area contributed by atoms with Crippen LogP contribution >= 0.6 is 11.8 Å². The Morgan fingerprint density at radius 3 is 2.69 bits per heavy atom. The minimum absolute atomic E-state index is 0.0932. The predicted octanol–water partition coefficient (Wildman–Crippen LogP) is 2.38. The second kappa shape index (κ2) is 8.14. The molecule has 0 bridgehead atoms. The fourth-order valence-electron chi connectivity index (χ4n) is 2.40. The van der Waals surface area contributed by atoms with E-state index in [9.17, 15) is 9.59 Å². The molecule has 1 aliphatic rings. The number of benzene rings is 2. The summed E-state index contributed by atoms with van der Waals surface area (Å²) in [5.41, 5.74) is 7.06. The van der Waals surface area contributed by atoms with E-state index in [0.717, 1.165) is 16.0 Å². The van der Waals surface area contributed by atoms with E-state index in [-0.39, 0.29) is 18.3 Å². The van der Waals surface area contributed by atoms with E-state index in [4.69, 9.17) is 9.47 Å². The molecular weight excluding hydrogens is 352 g/mol. The molecule has 7 heteroatoms. The van der Waals surface area contributed by atoms with Crippen molar-refractivity contribution in [3.8, 4) is 11.5 Å². The van der Waals surface area contributed by atoms with Crippen molar-refractivity contribution < 1.29 is 19.1 Å². The van der Waals surface area contributed by atoms with E-state index >= 15 is 0 Å². The normalized spacial score (nSPS) is 15.2. The fourth-order valence-corrected chi connectivity index (χ4v) is 3.33. The van der Waals surface area contributed by atoms with E-state index in [0.29, 0.717) is 11.5 Å². The van der Waals surface area contributed by atoms with Gasteiger partial charge in [-0.05, 0) is 37.6 Å². The smallest absolute Gasteiger partial charge is 0.283 e. The monoisotopic (exact) mass is 372 g/mol. The summed E-state index contributed by atoms with van der Waals surface area (Å²) in [4.78, 5) is 25.2. The summed E-state index contributed by atoms with van der Waals surface area (Å²) in [6.45, 7) is 4.10. The van der Waals surface area contributed by atoms with Crippen molar-refractivity contribution in [2.24, 2.45) is 0 Å². The summed E-state index contributed by atoms with van der Waals surface area (Å²) < 4.78 is 11.1. The first-order valence-corrected chi connectivity index (χ1v) is 9.19. The molecule has 0 aromatic heterocycles. The average Bonchev–Trinajstić information content (AvgIpc) is 2.66. The Morgan fingerprint density at radius 1 is 1.12 bits per heavy atom. The molecule has 0 saturated carbocycles. The van der Waals surface area contributed by atoms with E-state index in [1.54, 1.807) is 18.2 Å². The number of fused-ring (bicyclic) bond motifs is 1. The molecule has 1 aliphatic heterocycles. The molecule has 2 N–H and O–H groups in total. The number of ether oxygens (including phenoxy) is 2. The topological polar surface area (TPSA) is 76.7 Å². The number of hydrogen-bond donors (Lipinski definition) is 2. The van der Waals surface area contributed by atoms with Crippen LogP contribution in [0.2, 0.25) is 0 Å². The van der Waals surface area contributed by atoms with Crippen LogP contribution in [-0.2, 0) is 9.59 Å². The van der Waals surface area contributed by atoms with Crippen LogP contribution in [0.5, 0.6) is 11.5 Å². The van der Waals surface area contributed by atoms with Crippen LogP contribution in [0, 0.1) is 13.8 Å². The van der Waals surface area contributed by atoms with Gasteiger partial charge >= 0.3 is 0 Å². The number of rotatable bonds is 4. The number of nitrogens with one attached hydrogen (secondary N) is 2. The molecule has 0 saturated heterocycles. The number of hydrogen-bond acceptors (Lipinski definition) is 5. The molecule has 1 heterocycles. The van der Waals surface area contributed by atoms with Gasteiger partial charge in [-0.1, -0.05) is 29.8 Å². The maximum absolute atomic E-state index is 12.1. The zero-order valence-corrected chi connectivity index (χ0v) is 15.4. The highest BCUT2D eigenvalue weighted by molar-refractivity contribution is 8.00. The van der Waals surface area contributed by atoms with Crippen LogP contribution < -0.4 is 20.3 Å². The molecule has 0 spiro atoms. The van der Waals surface area contributed by atoms with Crippen molar-refractivity contribution >= 4 is 23.6 Å². The number of aryl methyl sites for hydroxylation is 2. The Bertz CT molecular complexity index is 825. The average molecular weight is 372 g/mol. The summed E-state index contributed by atoms with van der Waals surface area (Å²) in [6.07, 6.45) is -0.808. The number of hydrazine groups is 1.